The Morgan fingerprint density at radius 2 is 1.56 bits per heavy atom. The number of halogens is 2. The molecule has 0 saturated carbocycles. The lowest BCUT2D eigenvalue weighted by atomic mass is 9.94. The van der Waals surface area contributed by atoms with Crippen LogP contribution in [0, 0.1) is 0 Å². The van der Waals surface area contributed by atoms with E-state index in [1.807, 2.05) is 43.3 Å². The molecular weight excluding hydrogens is 503 g/mol. The second-order valence-electron chi connectivity index (χ2n) is 8.32. The van der Waals surface area contributed by atoms with E-state index in [9.17, 15) is 14.7 Å². The van der Waals surface area contributed by atoms with Crippen molar-refractivity contribution in [1.29, 1.82) is 0 Å². The molecule has 0 radical (unpaired) electrons. The Morgan fingerprint density at radius 3 is 2.14 bits per heavy atom. The fourth-order valence-corrected chi connectivity index (χ4v) is 4.61. The first-order valence-corrected chi connectivity index (χ1v) is 11.7. The van der Waals surface area contributed by atoms with Crippen LogP contribution < -0.4 is 19.3 Å². The second-order valence-corrected chi connectivity index (χ2v) is 9.16. The van der Waals surface area contributed by atoms with Gasteiger partial charge in [0.1, 0.15) is 17.3 Å². The van der Waals surface area contributed by atoms with Gasteiger partial charge < -0.3 is 19.5 Å². The first-order valence-electron chi connectivity index (χ1n) is 10.9. The number of Topliss-reactive ketones (excluding diaryl/α,β-unsaturated/α-hetero) is 1. The lowest BCUT2D eigenvalue weighted by Gasteiger charge is -2.26. The van der Waals surface area contributed by atoms with E-state index in [1.165, 1.54) is 25.2 Å². The minimum atomic E-state index is -0.936. The van der Waals surface area contributed by atoms with Crippen molar-refractivity contribution in [2.24, 2.45) is 0 Å². The van der Waals surface area contributed by atoms with Crippen LogP contribution in [0.2, 0.25) is 10.0 Å². The van der Waals surface area contributed by atoms with Gasteiger partial charge in [0.25, 0.3) is 11.7 Å². The van der Waals surface area contributed by atoms with Crippen molar-refractivity contribution >= 4 is 52.0 Å². The van der Waals surface area contributed by atoms with E-state index >= 15 is 0 Å². The minimum Gasteiger partial charge on any atom is -0.507 e. The molecule has 0 aliphatic carbocycles. The summed E-state index contributed by atoms with van der Waals surface area (Å²) in [5, 5.41) is 12.0. The molecule has 0 aromatic heterocycles. The van der Waals surface area contributed by atoms with Crippen LogP contribution in [0.4, 0.5) is 11.4 Å². The molecule has 7 nitrogen and oxygen atoms in total. The number of nitrogens with zero attached hydrogens (tertiary/aromatic N) is 2. The highest BCUT2D eigenvalue weighted by molar-refractivity contribution is 6.52. The summed E-state index contributed by atoms with van der Waals surface area (Å²) in [5.74, 6) is -1.31. The Labute approximate surface area is 219 Å². The van der Waals surface area contributed by atoms with Gasteiger partial charge in [-0.2, -0.15) is 0 Å². The molecule has 1 heterocycles. The van der Waals surface area contributed by atoms with Crippen LogP contribution >= 0.6 is 23.2 Å². The van der Waals surface area contributed by atoms with Gasteiger partial charge in [0.15, 0.2) is 0 Å². The normalized spacial score (nSPS) is 16.8. The summed E-state index contributed by atoms with van der Waals surface area (Å²) in [6, 6.07) is 15.9. The largest absolute Gasteiger partial charge is 0.507 e. The summed E-state index contributed by atoms with van der Waals surface area (Å²) in [7, 11) is 6.74. The molecule has 0 bridgehead atoms. The molecule has 3 aromatic rings. The highest BCUT2D eigenvalue weighted by Gasteiger charge is 2.47. The number of methoxy groups -OCH3 is 2. The number of rotatable bonds is 6. The number of benzene rings is 3. The number of carbonyl (C=O) groups is 2. The van der Waals surface area contributed by atoms with Crippen LogP contribution in [0.15, 0.2) is 66.2 Å². The lowest BCUT2D eigenvalue weighted by molar-refractivity contribution is -0.132. The van der Waals surface area contributed by atoms with Gasteiger partial charge in [0.2, 0.25) is 0 Å². The third-order valence-corrected chi connectivity index (χ3v) is 6.53. The first kappa shape index (κ1) is 25.4. The van der Waals surface area contributed by atoms with Crippen LogP contribution in [0.1, 0.15) is 17.2 Å². The first-order chi connectivity index (χ1) is 17.2. The van der Waals surface area contributed by atoms with E-state index in [4.69, 9.17) is 32.7 Å². The van der Waals surface area contributed by atoms with Crippen LogP contribution in [0.25, 0.3) is 5.76 Å². The van der Waals surface area contributed by atoms with Crippen molar-refractivity contribution < 1.29 is 24.2 Å². The lowest BCUT2D eigenvalue weighted by Crippen LogP contribution is -2.29. The molecule has 0 spiro atoms. The predicted molar refractivity (Wildman–Crippen MR) is 142 cm³/mol. The van der Waals surface area contributed by atoms with Gasteiger partial charge in [0.05, 0.1) is 36.4 Å². The highest BCUT2D eigenvalue weighted by atomic mass is 35.5. The molecule has 1 aliphatic rings. The SMILES string of the molecule is COc1ccc(N2C(=O)C(=O)/C(=C(/O)c3cc(Cl)ccc3OC)C2c2ccc(N(C)C)cc2)cc1Cl. The molecule has 1 aliphatic heterocycles. The van der Waals surface area contributed by atoms with E-state index in [2.05, 4.69) is 0 Å². The van der Waals surface area contributed by atoms with Gasteiger partial charge in [-0.15, -0.1) is 0 Å². The van der Waals surface area contributed by atoms with Crippen molar-refractivity contribution in [3.63, 3.8) is 0 Å². The third-order valence-electron chi connectivity index (χ3n) is 6.00. The molecule has 1 atom stereocenters. The maximum atomic E-state index is 13.4. The smallest absolute Gasteiger partial charge is 0.300 e. The van der Waals surface area contributed by atoms with Crippen molar-refractivity contribution in [3.8, 4) is 11.5 Å². The molecule has 36 heavy (non-hydrogen) atoms. The number of ether oxygens (including phenoxy) is 2. The topological polar surface area (TPSA) is 79.3 Å². The molecular formula is C27H24Cl2N2O5. The number of ketones is 1. The monoisotopic (exact) mass is 526 g/mol. The van der Waals surface area contributed by atoms with Crippen molar-refractivity contribution in [1.82, 2.24) is 0 Å². The summed E-state index contributed by atoms with van der Waals surface area (Å²) >= 11 is 12.5. The highest BCUT2D eigenvalue weighted by Crippen LogP contribution is 2.45. The number of hydrogen-bond donors (Lipinski definition) is 1. The Morgan fingerprint density at radius 1 is 0.917 bits per heavy atom. The van der Waals surface area contributed by atoms with Crippen LogP contribution in [0.3, 0.4) is 0 Å². The number of carbonyl (C=O) groups excluding carboxylic acids is 2. The van der Waals surface area contributed by atoms with E-state index in [-0.39, 0.29) is 16.2 Å². The number of amides is 1. The Balaban J connectivity index is 1.97. The van der Waals surface area contributed by atoms with Crippen LogP contribution in [0.5, 0.6) is 11.5 Å². The molecule has 4 rings (SSSR count). The average molecular weight is 527 g/mol. The molecule has 3 aromatic carbocycles. The molecule has 1 amide bonds. The van der Waals surface area contributed by atoms with Gasteiger partial charge in [-0.3, -0.25) is 14.5 Å². The van der Waals surface area contributed by atoms with Crippen LogP contribution in [-0.2, 0) is 9.59 Å². The standard InChI is InChI=1S/C27H24Cl2N2O5/c1-30(2)17-8-5-15(6-9-17)24-23(25(32)19-13-16(28)7-11-21(19)35-3)26(33)27(34)31(24)18-10-12-22(36-4)20(29)14-18/h5-14,24,32H,1-4H3/b25-23+. The van der Waals surface area contributed by atoms with Gasteiger partial charge in [-0.25, -0.2) is 0 Å². The summed E-state index contributed by atoms with van der Waals surface area (Å²) in [6.45, 7) is 0. The number of anilines is 2. The maximum Gasteiger partial charge on any atom is 0.300 e. The summed E-state index contributed by atoms with van der Waals surface area (Å²) in [6.07, 6.45) is 0. The molecule has 9 heteroatoms. The fourth-order valence-electron chi connectivity index (χ4n) is 4.18. The third kappa shape index (κ3) is 4.47. The second kappa shape index (κ2) is 10.1. The van der Waals surface area contributed by atoms with Gasteiger partial charge >= 0.3 is 0 Å². The Bertz CT molecular complexity index is 1370. The van der Waals surface area contributed by atoms with Gasteiger partial charge in [-0.05, 0) is 54.1 Å². The summed E-state index contributed by atoms with van der Waals surface area (Å²) in [4.78, 5) is 30.0. The molecule has 186 valence electrons. The molecule has 1 saturated heterocycles. The average Bonchev–Trinajstić information content (AvgIpc) is 3.13. The fraction of sp³-hybridized carbons (Fsp3) is 0.185. The van der Waals surface area contributed by atoms with E-state index in [1.54, 1.807) is 30.3 Å². The zero-order valence-corrected chi connectivity index (χ0v) is 21.6. The van der Waals surface area contributed by atoms with Crippen molar-refractivity contribution in [3.05, 3.63) is 87.4 Å². The number of aliphatic hydroxyl groups excluding tert-OH is 1. The zero-order valence-electron chi connectivity index (χ0n) is 20.1. The van der Waals surface area contributed by atoms with Crippen molar-refractivity contribution in [2.75, 3.05) is 38.1 Å². The summed E-state index contributed by atoms with van der Waals surface area (Å²) < 4.78 is 10.6. The van der Waals surface area contributed by atoms with Gasteiger partial charge in [0, 0.05) is 30.5 Å². The minimum absolute atomic E-state index is 0.0925. The van der Waals surface area contributed by atoms with E-state index in [0.29, 0.717) is 27.8 Å². The number of hydrogen-bond acceptors (Lipinski definition) is 6. The quantitative estimate of drug-likeness (QED) is 0.252. The molecule has 1 fully saturated rings. The Kier molecular flexibility index (Phi) is 7.15. The summed E-state index contributed by atoms with van der Waals surface area (Å²) in [5.41, 5.74) is 2.03. The number of aliphatic hydroxyl groups is 1. The van der Waals surface area contributed by atoms with E-state index in [0.717, 1.165) is 5.69 Å². The molecule has 1 N–H and O–H groups in total. The Hall–Kier alpha value is -3.68. The van der Waals surface area contributed by atoms with Gasteiger partial charge in [-0.1, -0.05) is 35.3 Å². The van der Waals surface area contributed by atoms with E-state index < -0.39 is 23.5 Å². The predicted octanol–water partition coefficient (Wildman–Crippen LogP) is 5.70. The van der Waals surface area contributed by atoms with Crippen molar-refractivity contribution in [2.45, 2.75) is 6.04 Å². The molecule has 1 unspecified atom stereocenters. The maximum absolute atomic E-state index is 13.4. The zero-order chi connectivity index (χ0) is 26.1. The van der Waals surface area contributed by atoms with Crippen LogP contribution in [-0.4, -0.2) is 45.1 Å².